The Labute approximate surface area is 114 Å². The van der Waals surface area contributed by atoms with E-state index < -0.39 is 0 Å². The zero-order valence-corrected chi connectivity index (χ0v) is 11.9. The topological polar surface area (TPSA) is 71.3 Å². The summed E-state index contributed by atoms with van der Waals surface area (Å²) in [7, 11) is 0. The first-order valence-electron chi connectivity index (χ1n) is 6.38. The van der Waals surface area contributed by atoms with Gasteiger partial charge in [0.1, 0.15) is 5.01 Å². The van der Waals surface area contributed by atoms with Crippen LogP contribution >= 0.6 is 11.3 Å². The van der Waals surface area contributed by atoms with Crippen LogP contribution in [0.3, 0.4) is 0 Å². The lowest BCUT2D eigenvalue weighted by Gasteiger charge is -2.23. The SMILES string of the molecule is Cc1cc(=O)n2nc(CNC3(C)CCNC3)sc2n1. The molecule has 1 atom stereocenters. The minimum atomic E-state index is -0.112. The summed E-state index contributed by atoms with van der Waals surface area (Å²) in [6.45, 7) is 6.71. The van der Waals surface area contributed by atoms with Gasteiger partial charge in [-0.25, -0.2) is 4.98 Å². The number of aryl methyl sites for hydroxylation is 1. The van der Waals surface area contributed by atoms with Crippen molar-refractivity contribution in [2.24, 2.45) is 0 Å². The average Bonchev–Trinajstić information content (AvgIpc) is 2.93. The quantitative estimate of drug-likeness (QED) is 0.845. The van der Waals surface area contributed by atoms with Gasteiger partial charge in [-0.3, -0.25) is 4.79 Å². The van der Waals surface area contributed by atoms with Crippen LogP contribution in [0, 0.1) is 6.92 Å². The molecule has 0 saturated carbocycles. The first-order chi connectivity index (χ1) is 9.06. The predicted molar refractivity (Wildman–Crippen MR) is 74.6 cm³/mol. The van der Waals surface area contributed by atoms with Gasteiger partial charge >= 0.3 is 0 Å². The summed E-state index contributed by atoms with van der Waals surface area (Å²) >= 11 is 1.47. The molecule has 0 bridgehead atoms. The van der Waals surface area contributed by atoms with Crippen molar-refractivity contribution in [3.8, 4) is 0 Å². The summed E-state index contributed by atoms with van der Waals surface area (Å²) in [5.74, 6) is 0. The van der Waals surface area contributed by atoms with E-state index >= 15 is 0 Å². The van der Waals surface area contributed by atoms with Crippen molar-refractivity contribution >= 4 is 16.3 Å². The van der Waals surface area contributed by atoms with Crippen LogP contribution in [0.15, 0.2) is 10.9 Å². The van der Waals surface area contributed by atoms with Gasteiger partial charge in [0.2, 0.25) is 4.96 Å². The Kier molecular flexibility index (Phi) is 3.12. The molecule has 3 heterocycles. The normalized spacial score (nSPS) is 23.3. The maximum atomic E-state index is 11.8. The lowest BCUT2D eigenvalue weighted by molar-refractivity contribution is 0.384. The Hall–Kier alpha value is -1.31. The number of rotatable bonds is 3. The van der Waals surface area contributed by atoms with Crippen LogP contribution in [-0.2, 0) is 6.54 Å². The molecule has 0 amide bonds. The van der Waals surface area contributed by atoms with Gasteiger partial charge in [-0.2, -0.15) is 9.61 Å². The van der Waals surface area contributed by atoms with Crippen LogP contribution in [0.25, 0.3) is 4.96 Å². The van der Waals surface area contributed by atoms with Gasteiger partial charge in [0, 0.05) is 23.8 Å². The molecular weight excluding hydrogens is 262 g/mol. The smallest absolute Gasteiger partial charge is 0.275 e. The lowest BCUT2D eigenvalue weighted by atomic mass is 10.0. The van der Waals surface area contributed by atoms with Crippen molar-refractivity contribution in [2.45, 2.75) is 32.4 Å². The molecule has 6 nitrogen and oxygen atoms in total. The zero-order valence-electron chi connectivity index (χ0n) is 11.1. The van der Waals surface area contributed by atoms with Crippen LogP contribution < -0.4 is 16.2 Å². The summed E-state index contributed by atoms with van der Waals surface area (Å²) in [4.78, 5) is 16.8. The van der Waals surface area contributed by atoms with Gasteiger partial charge in [0.25, 0.3) is 5.56 Å². The predicted octanol–water partition coefficient (Wildman–Crippen LogP) is 0.301. The van der Waals surface area contributed by atoms with E-state index in [1.54, 1.807) is 0 Å². The molecule has 2 aromatic heterocycles. The van der Waals surface area contributed by atoms with Crippen molar-refractivity contribution < 1.29 is 0 Å². The van der Waals surface area contributed by atoms with Crippen molar-refractivity contribution in [1.82, 2.24) is 25.2 Å². The van der Waals surface area contributed by atoms with Crippen molar-refractivity contribution in [3.63, 3.8) is 0 Å². The van der Waals surface area contributed by atoms with Crippen LogP contribution in [0.4, 0.5) is 0 Å². The summed E-state index contributed by atoms with van der Waals surface area (Å²) in [6.07, 6.45) is 1.11. The van der Waals surface area contributed by atoms with Gasteiger partial charge in [-0.1, -0.05) is 11.3 Å². The molecule has 19 heavy (non-hydrogen) atoms. The standard InChI is InChI=1S/C12H17N5OS/c1-8-5-10(18)17-11(15-8)19-9(16-17)6-14-12(2)3-4-13-7-12/h5,13-14H,3-4,6-7H2,1-2H3. The molecule has 2 N–H and O–H groups in total. The van der Waals surface area contributed by atoms with Gasteiger partial charge in [0.15, 0.2) is 0 Å². The molecule has 0 aromatic carbocycles. The van der Waals surface area contributed by atoms with E-state index in [9.17, 15) is 4.79 Å². The monoisotopic (exact) mass is 279 g/mol. The van der Waals surface area contributed by atoms with E-state index in [2.05, 4.69) is 27.6 Å². The number of hydrogen-bond acceptors (Lipinski definition) is 6. The fourth-order valence-corrected chi connectivity index (χ4v) is 3.17. The number of nitrogens with zero attached hydrogens (tertiary/aromatic N) is 3. The molecule has 2 aromatic rings. The number of aromatic nitrogens is 3. The second-order valence-electron chi connectivity index (χ2n) is 5.27. The van der Waals surface area contributed by atoms with Gasteiger partial charge in [0.05, 0.1) is 6.54 Å². The molecule has 1 unspecified atom stereocenters. The maximum absolute atomic E-state index is 11.8. The highest BCUT2D eigenvalue weighted by molar-refractivity contribution is 7.16. The van der Waals surface area contributed by atoms with Crippen LogP contribution in [-0.4, -0.2) is 33.2 Å². The van der Waals surface area contributed by atoms with Crippen LogP contribution in [0.1, 0.15) is 24.0 Å². The minimum absolute atomic E-state index is 0.112. The van der Waals surface area contributed by atoms with E-state index in [-0.39, 0.29) is 11.1 Å². The molecule has 0 radical (unpaired) electrons. The third-order valence-corrected chi connectivity index (χ3v) is 4.36. The van der Waals surface area contributed by atoms with E-state index in [0.717, 1.165) is 30.2 Å². The average molecular weight is 279 g/mol. The molecule has 7 heteroatoms. The fourth-order valence-electron chi connectivity index (χ4n) is 2.29. The molecule has 0 spiro atoms. The number of hydrogen-bond donors (Lipinski definition) is 2. The maximum Gasteiger partial charge on any atom is 0.275 e. The van der Waals surface area contributed by atoms with Crippen molar-refractivity contribution in [2.75, 3.05) is 13.1 Å². The van der Waals surface area contributed by atoms with E-state index in [1.165, 1.54) is 21.9 Å². The summed E-state index contributed by atoms with van der Waals surface area (Å²) in [5.41, 5.74) is 0.741. The van der Waals surface area contributed by atoms with E-state index in [1.807, 2.05) is 6.92 Å². The highest BCUT2D eigenvalue weighted by atomic mass is 32.1. The second kappa shape index (κ2) is 4.66. The summed E-state index contributed by atoms with van der Waals surface area (Å²) in [6, 6.07) is 1.51. The van der Waals surface area contributed by atoms with Crippen LogP contribution in [0.2, 0.25) is 0 Å². The molecule has 1 saturated heterocycles. The lowest BCUT2D eigenvalue weighted by Crippen LogP contribution is -2.43. The third-order valence-electron chi connectivity index (χ3n) is 3.45. The van der Waals surface area contributed by atoms with Gasteiger partial charge in [-0.15, -0.1) is 0 Å². The Balaban J connectivity index is 1.82. The minimum Gasteiger partial charge on any atom is -0.315 e. The highest BCUT2D eigenvalue weighted by Crippen LogP contribution is 2.16. The number of nitrogens with one attached hydrogen (secondary N) is 2. The first-order valence-corrected chi connectivity index (χ1v) is 7.20. The van der Waals surface area contributed by atoms with Crippen molar-refractivity contribution in [3.05, 3.63) is 27.1 Å². The largest absolute Gasteiger partial charge is 0.315 e. The highest BCUT2D eigenvalue weighted by Gasteiger charge is 2.27. The Morgan fingerprint density at radius 1 is 1.63 bits per heavy atom. The molecule has 3 rings (SSSR count). The zero-order chi connectivity index (χ0) is 13.5. The Morgan fingerprint density at radius 2 is 2.47 bits per heavy atom. The van der Waals surface area contributed by atoms with Crippen molar-refractivity contribution in [1.29, 1.82) is 0 Å². The second-order valence-corrected chi connectivity index (χ2v) is 6.31. The Morgan fingerprint density at radius 3 is 3.21 bits per heavy atom. The summed E-state index contributed by atoms with van der Waals surface area (Å²) in [5, 5.41) is 12.1. The molecule has 1 fully saturated rings. The first kappa shape index (κ1) is 12.7. The molecule has 102 valence electrons. The van der Waals surface area contributed by atoms with Gasteiger partial charge < -0.3 is 10.6 Å². The molecule has 1 aliphatic heterocycles. The van der Waals surface area contributed by atoms with Gasteiger partial charge in [-0.05, 0) is 26.8 Å². The fraction of sp³-hybridized carbons (Fsp3) is 0.583. The van der Waals surface area contributed by atoms with Crippen LogP contribution in [0.5, 0.6) is 0 Å². The summed E-state index contributed by atoms with van der Waals surface area (Å²) < 4.78 is 1.38. The van der Waals surface area contributed by atoms with E-state index in [0.29, 0.717) is 11.5 Å². The number of fused-ring (bicyclic) bond motifs is 1. The molecular formula is C12H17N5OS. The molecule has 1 aliphatic rings. The molecule has 0 aliphatic carbocycles. The Bertz CT molecular complexity index is 656. The third kappa shape index (κ3) is 2.54. The van der Waals surface area contributed by atoms with E-state index in [4.69, 9.17) is 0 Å².